The predicted molar refractivity (Wildman–Crippen MR) is 79.2 cm³/mol. The van der Waals surface area contributed by atoms with Crippen molar-refractivity contribution in [1.82, 2.24) is 0 Å². The summed E-state index contributed by atoms with van der Waals surface area (Å²) in [6, 6.07) is 13.9. The molecule has 2 aromatic rings. The minimum Gasteiger partial charge on any atom is -0.368 e. The van der Waals surface area contributed by atoms with Gasteiger partial charge in [0.1, 0.15) is 5.82 Å². The number of hydrogen-bond acceptors (Lipinski definition) is 1. The van der Waals surface area contributed by atoms with Gasteiger partial charge in [-0.2, -0.15) is 0 Å². The minimum absolute atomic E-state index is 0.175. The molecule has 2 aromatic carbocycles. The molecule has 0 fully saturated rings. The van der Waals surface area contributed by atoms with Crippen LogP contribution in [0.25, 0.3) is 0 Å². The van der Waals surface area contributed by atoms with Crippen LogP contribution in [-0.4, -0.2) is 5.33 Å². The first kappa shape index (κ1) is 14.5. The first-order valence-corrected chi connectivity index (χ1v) is 7.36. The Balaban J connectivity index is 2.01. The number of hydrogen-bond donors (Lipinski definition) is 0. The molecule has 0 aliphatic rings. The lowest BCUT2D eigenvalue weighted by atomic mass is 10.1. The Morgan fingerprint density at radius 3 is 2.53 bits per heavy atom. The maximum Gasteiger partial charge on any atom is 0.123 e. The molecule has 0 bridgehead atoms. The number of ether oxygens (including phenoxy) is 1. The van der Waals surface area contributed by atoms with Crippen LogP contribution in [0.15, 0.2) is 48.5 Å². The van der Waals surface area contributed by atoms with Crippen LogP contribution in [-0.2, 0) is 11.3 Å². The Kier molecular flexibility index (Phi) is 5.37. The summed E-state index contributed by atoms with van der Waals surface area (Å²) in [5.74, 6) is -0.251. The van der Waals surface area contributed by atoms with Crippen LogP contribution in [0.1, 0.15) is 17.2 Å². The van der Waals surface area contributed by atoms with Crippen LogP contribution in [0.5, 0.6) is 0 Å². The van der Waals surface area contributed by atoms with Crippen LogP contribution in [0.3, 0.4) is 0 Å². The zero-order valence-corrected chi connectivity index (χ0v) is 12.5. The molecular formula is C15H13BrClFO. The quantitative estimate of drug-likeness (QED) is 0.684. The fraction of sp³-hybridized carbons (Fsp3) is 0.200. The molecule has 0 spiro atoms. The third-order valence-corrected chi connectivity index (χ3v) is 3.57. The van der Waals surface area contributed by atoms with Crippen molar-refractivity contribution in [2.75, 3.05) is 5.33 Å². The molecule has 0 saturated carbocycles. The average molecular weight is 344 g/mol. The highest BCUT2D eigenvalue weighted by Crippen LogP contribution is 2.22. The van der Waals surface area contributed by atoms with Gasteiger partial charge < -0.3 is 4.74 Å². The molecule has 2 rings (SSSR count). The smallest absolute Gasteiger partial charge is 0.123 e. The molecular weight excluding hydrogens is 331 g/mol. The molecule has 0 radical (unpaired) electrons. The number of halogens is 3. The van der Waals surface area contributed by atoms with Gasteiger partial charge in [0, 0.05) is 10.4 Å². The molecule has 0 amide bonds. The average Bonchev–Trinajstić information content (AvgIpc) is 2.42. The van der Waals surface area contributed by atoms with E-state index in [9.17, 15) is 4.39 Å². The van der Waals surface area contributed by atoms with E-state index in [1.807, 2.05) is 30.3 Å². The van der Waals surface area contributed by atoms with E-state index in [-0.39, 0.29) is 11.9 Å². The van der Waals surface area contributed by atoms with Gasteiger partial charge in [0.15, 0.2) is 0 Å². The topological polar surface area (TPSA) is 9.23 Å². The van der Waals surface area contributed by atoms with E-state index >= 15 is 0 Å². The standard InChI is InChI=1S/C15H13BrClFO/c16-9-15(12-2-1-3-14(18)8-12)19-10-11-4-6-13(17)7-5-11/h1-8,15H,9-10H2. The number of alkyl halides is 1. The fourth-order valence-corrected chi connectivity index (χ4v) is 2.40. The zero-order valence-electron chi connectivity index (χ0n) is 10.2. The largest absolute Gasteiger partial charge is 0.368 e. The summed E-state index contributed by atoms with van der Waals surface area (Å²) in [5.41, 5.74) is 1.86. The molecule has 0 heterocycles. The fourth-order valence-electron chi connectivity index (χ4n) is 1.71. The molecule has 100 valence electrons. The monoisotopic (exact) mass is 342 g/mol. The number of rotatable bonds is 5. The molecule has 0 aliphatic heterocycles. The van der Waals surface area contributed by atoms with E-state index < -0.39 is 0 Å². The molecule has 19 heavy (non-hydrogen) atoms. The summed E-state index contributed by atoms with van der Waals surface area (Å²) in [5, 5.41) is 1.32. The summed E-state index contributed by atoms with van der Waals surface area (Å²) in [6.07, 6.45) is -0.175. The van der Waals surface area contributed by atoms with Gasteiger partial charge in [0.25, 0.3) is 0 Å². The van der Waals surface area contributed by atoms with Crippen molar-refractivity contribution in [1.29, 1.82) is 0 Å². The Morgan fingerprint density at radius 2 is 1.89 bits per heavy atom. The second-order valence-corrected chi connectivity index (χ2v) is 5.22. The Labute approximate surface area is 125 Å². The van der Waals surface area contributed by atoms with Gasteiger partial charge in [-0.3, -0.25) is 0 Å². The van der Waals surface area contributed by atoms with Crippen LogP contribution in [0, 0.1) is 5.82 Å². The van der Waals surface area contributed by atoms with Gasteiger partial charge in [-0.1, -0.05) is 51.8 Å². The summed E-state index contributed by atoms with van der Waals surface area (Å²) in [6.45, 7) is 0.462. The molecule has 1 nitrogen and oxygen atoms in total. The molecule has 1 atom stereocenters. The predicted octanol–water partition coefficient (Wildman–Crippen LogP) is 5.13. The van der Waals surface area contributed by atoms with E-state index in [2.05, 4.69) is 15.9 Å². The molecule has 0 saturated heterocycles. The maximum absolute atomic E-state index is 13.2. The first-order valence-electron chi connectivity index (χ1n) is 5.86. The van der Waals surface area contributed by atoms with Crippen molar-refractivity contribution in [2.45, 2.75) is 12.7 Å². The van der Waals surface area contributed by atoms with Crippen LogP contribution in [0.2, 0.25) is 5.02 Å². The van der Waals surface area contributed by atoms with E-state index in [0.29, 0.717) is 17.0 Å². The second-order valence-electron chi connectivity index (χ2n) is 4.14. The highest BCUT2D eigenvalue weighted by atomic mass is 79.9. The van der Waals surface area contributed by atoms with Crippen molar-refractivity contribution < 1.29 is 9.13 Å². The molecule has 1 unspecified atom stereocenters. The Hall–Kier alpha value is -0.900. The van der Waals surface area contributed by atoms with Gasteiger partial charge in [-0.05, 0) is 35.4 Å². The second kappa shape index (κ2) is 7.04. The Bertz CT molecular complexity index is 530. The first-order chi connectivity index (χ1) is 9.19. The molecule has 0 aromatic heterocycles. The van der Waals surface area contributed by atoms with E-state index in [4.69, 9.17) is 16.3 Å². The zero-order chi connectivity index (χ0) is 13.7. The lowest BCUT2D eigenvalue weighted by molar-refractivity contribution is 0.0564. The van der Waals surface area contributed by atoms with E-state index in [0.717, 1.165) is 11.1 Å². The van der Waals surface area contributed by atoms with Gasteiger partial charge in [-0.15, -0.1) is 0 Å². The number of benzene rings is 2. The van der Waals surface area contributed by atoms with Crippen molar-refractivity contribution in [3.63, 3.8) is 0 Å². The van der Waals surface area contributed by atoms with Crippen LogP contribution >= 0.6 is 27.5 Å². The van der Waals surface area contributed by atoms with Crippen molar-refractivity contribution in [3.8, 4) is 0 Å². The Morgan fingerprint density at radius 1 is 1.16 bits per heavy atom. The minimum atomic E-state index is -0.251. The van der Waals surface area contributed by atoms with Gasteiger partial charge in [0.2, 0.25) is 0 Å². The van der Waals surface area contributed by atoms with E-state index in [1.54, 1.807) is 6.07 Å². The summed E-state index contributed by atoms with van der Waals surface area (Å²) in [7, 11) is 0. The van der Waals surface area contributed by atoms with Crippen LogP contribution < -0.4 is 0 Å². The summed E-state index contributed by atoms with van der Waals surface area (Å²) in [4.78, 5) is 0. The normalized spacial score (nSPS) is 12.4. The summed E-state index contributed by atoms with van der Waals surface area (Å²) >= 11 is 9.22. The van der Waals surface area contributed by atoms with E-state index in [1.165, 1.54) is 12.1 Å². The van der Waals surface area contributed by atoms with Crippen LogP contribution in [0.4, 0.5) is 4.39 Å². The summed E-state index contributed by atoms with van der Waals surface area (Å²) < 4.78 is 19.0. The van der Waals surface area contributed by atoms with Crippen molar-refractivity contribution >= 4 is 27.5 Å². The lowest BCUT2D eigenvalue weighted by Crippen LogP contribution is -2.06. The maximum atomic E-state index is 13.2. The highest BCUT2D eigenvalue weighted by molar-refractivity contribution is 9.09. The van der Waals surface area contributed by atoms with Gasteiger partial charge in [0.05, 0.1) is 12.7 Å². The van der Waals surface area contributed by atoms with Gasteiger partial charge in [-0.25, -0.2) is 4.39 Å². The molecule has 0 aliphatic carbocycles. The molecule has 4 heteroatoms. The third kappa shape index (κ3) is 4.30. The van der Waals surface area contributed by atoms with Gasteiger partial charge >= 0.3 is 0 Å². The van der Waals surface area contributed by atoms with Crippen molar-refractivity contribution in [2.24, 2.45) is 0 Å². The van der Waals surface area contributed by atoms with Crippen molar-refractivity contribution in [3.05, 3.63) is 70.5 Å². The highest BCUT2D eigenvalue weighted by Gasteiger charge is 2.11. The SMILES string of the molecule is Fc1cccc(C(CBr)OCc2ccc(Cl)cc2)c1. The lowest BCUT2D eigenvalue weighted by Gasteiger charge is -2.16. The third-order valence-electron chi connectivity index (χ3n) is 2.73. The molecule has 0 N–H and O–H groups in total.